The second-order valence-corrected chi connectivity index (χ2v) is 10.9. The fraction of sp³-hybridized carbons (Fsp3) is 0.406. The summed E-state index contributed by atoms with van der Waals surface area (Å²) >= 11 is 0. The maximum Gasteiger partial charge on any atom is 0.212 e. The highest BCUT2D eigenvalue weighted by Gasteiger charge is 2.22. The average Bonchev–Trinajstić information content (AvgIpc) is 2.98. The molecule has 202 valence electrons. The van der Waals surface area contributed by atoms with Crippen LogP contribution in [0.15, 0.2) is 55.0 Å². The zero-order chi connectivity index (χ0) is 26.8. The van der Waals surface area contributed by atoms with Crippen molar-refractivity contribution in [2.24, 2.45) is 0 Å². The number of aryl methyl sites for hydroxylation is 1. The minimum atomic E-state index is 0.551. The molecule has 2 aromatic heterocycles. The number of hydrogen-bond acceptors (Lipinski definition) is 7. The van der Waals surface area contributed by atoms with E-state index in [1.807, 2.05) is 12.3 Å². The lowest BCUT2D eigenvalue weighted by molar-refractivity contribution is 0.219. The summed E-state index contributed by atoms with van der Waals surface area (Å²) in [4.78, 5) is 18.9. The summed E-state index contributed by atoms with van der Waals surface area (Å²) in [6.45, 7) is 9.78. The van der Waals surface area contributed by atoms with Crippen molar-refractivity contribution in [2.45, 2.75) is 52.1 Å². The lowest BCUT2D eigenvalue weighted by atomic mass is 9.97. The van der Waals surface area contributed by atoms with E-state index in [2.05, 4.69) is 75.3 Å². The van der Waals surface area contributed by atoms with E-state index in [0.717, 1.165) is 52.9 Å². The van der Waals surface area contributed by atoms with Crippen LogP contribution in [-0.2, 0) is 13.0 Å². The van der Waals surface area contributed by atoms with E-state index in [4.69, 9.17) is 9.72 Å². The van der Waals surface area contributed by atoms with E-state index < -0.39 is 0 Å². The summed E-state index contributed by atoms with van der Waals surface area (Å²) in [6, 6.07) is 15.8. The van der Waals surface area contributed by atoms with Crippen molar-refractivity contribution in [3.8, 4) is 17.0 Å². The molecule has 4 aromatic rings. The Labute approximate surface area is 231 Å². The molecule has 7 nitrogen and oxygen atoms in total. The summed E-state index contributed by atoms with van der Waals surface area (Å²) in [5.74, 6) is 1.61. The van der Waals surface area contributed by atoms with Crippen molar-refractivity contribution < 1.29 is 4.74 Å². The number of likely N-dealkylation sites (tertiary alicyclic amines) is 1. The fourth-order valence-electron chi connectivity index (χ4n) is 6.10. The maximum absolute atomic E-state index is 5.25. The molecule has 39 heavy (non-hydrogen) atoms. The minimum absolute atomic E-state index is 0.551. The van der Waals surface area contributed by atoms with Gasteiger partial charge in [0.15, 0.2) is 0 Å². The van der Waals surface area contributed by atoms with Gasteiger partial charge < -0.3 is 19.9 Å². The van der Waals surface area contributed by atoms with Gasteiger partial charge >= 0.3 is 0 Å². The van der Waals surface area contributed by atoms with Gasteiger partial charge in [-0.2, -0.15) is 0 Å². The Morgan fingerprint density at radius 1 is 0.949 bits per heavy atom. The average molecular weight is 523 g/mol. The largest absolute Gasteiger partial charge is 0.481 e. The van der Waals surface area contributed by atoms with E-state index in [1.165, 1.54) is 55.7 Å². The van der Waals surface area contributed by atoms with Crippen LogP contribution in [0.1, 0.15) is 42.9 Å². The molecule has 0 aliphatic carbocycles. The van der Waals surface area contributed by atoms with Crippen molar-refractivity contribution in [3.05, 3.63) is 71.7 Å². The highest BCUT2D eigenvalue weighted by molar-refractivity contribution is 5.95. The van der Waals surface area contributed by atoms with Crippen LogP contribution in [-0.4, -0.2) is 59.2 Å². The Kier molecular flexibility index (Phi) is 7.33. The number of anilines is 2. The molecule has 0 bridgehead atoms. The molecule has 1 N–H and O–H groups in total. The first kappa shape index (κ1) is 25.6. The molecule has 2 aromatic carbocycles. The van der Waals surface area contributed by atoms with Gasteiger partial charge in [0, 0.05) is 61.1 Å². The number of fused-ring (bicyclic) bond motifs is 2. The van der Waals surface area contributed by atoms with Crippen LogP contribution in [0.3, 0.4) is 0 Å². The fourth-order valence-corrected chi connectivity index (χ4v) is 6.10. The number of methoxy groups -OCH3 is 1. The SMILES string of the molecule is CCCN1CCC(Nc2ccc3c(c2)CN(c2ncnc4c(C)cc(-c5ccc(OC)nc5)cc24)CC3)CC1. The third-order valence-electron chi connectivity index (χ3n) is 8.20. The molecule has 0 amide bonds. The summed E-state index contributed by atoms with van der Waals surface area (Å²) < 4.78 is 5.25. The lowest BCUT2D eigenvalue weighted by Gasteiger charge is -2.33. The quantitative estimate of drug-likeness (QED) is 0.326. The maximum atomic E-state index is 5.25. The van der Waals surface area contributed by atoms with Crippen LogP contribution >= 0.6 is 0 Å². The van der Waals surface area contributed by atoms with Gasteiger partial charge in [-0.25, -0.2) is 15.0 Å². The normalized spacial score (nSPS) is 16.3. The topological polar surface area (TPSA) is 66.4 Å². The Morgan fingerprint density at radius 3 is 2.59 bits per heavy atom. The molecular weight excluding hydrogens is 484 g/mol. The molecule has 1 saturated heterocycles. The third-order valence-corrected chi connectivity index (χ3v) is 8.20. The van der Waals surface area contributed by atoms with Gasteiger partial charge in [0.05, 0.1) is 12.6 Å². The molecule has 1 fully saturated rings. The molecule has 0 spiro atoms. The lowest BCUT2D eigenvalue weighted by Crippen LogP contribution is -2.39. The molecule has 0 atom stereocenters. The van der Waals surface area contributed by atoms with Gasteiger partial charge in [-0.15, -0.1) is 0 Å². The number of rotatable bonds is 7. The number of ether oxygens (including phenoxy) is 1. The molecule has 6 rings (SSSR count). The Hall–Kier alpha value is -3.71. The van der Waals surface area contributed by atoms with Crippen molar-refractivity contribution in [3.63, 3.8) is 0 Å². The Bertz CT molecular complexity index is 1450. The molecule has 2 aliphatic heterocycles. The number of aromatic nitrogens is 3. The van der Waals surface area contributed by atoms with E-state index >= 15 is 0 Å². The van der Waals surface area contributed by atoms with Gasteiger partial charge in [-0.1, -0.05) is 13.0 Å². The zero-order valence-electron chi connectivity index (χ0n) is 23.3. The van der Waals surface area contributed by atoms with Gasteiger partial charge in [-0.3, -0.25) is 0 Å². The highest BCUT2D eigenvalue weighted by Crippen LogP contribution is 2.34. The number of nitrogens with one attached hydrogen (secondary N) is 1. The Balaban J connectivity index is 1.24. The molecule has 0 radical (unpaired) electrons. The smallest absolute Gasteiger partial charge is 0.212 e. The number of benzene rings is 2. The van der Waals surface area contributed by atoms with Crippen molar-refractivity contribution in [2.75, 3.05) is 43.5 Å². The van der Waals surface area contributed by atoms with Crippen molar-refractivity contribution in [1.82, 2.24) is 19.9 Å². The molecule has 7 heteroatoms. The predicted molar refractivity (Wildman–Crippen MR) is 159 cm³/mol. The third kappa shape index (κ3) is 5.41. The molecule has 4 heterocycles. The van der Waals surface area contributed by atoms with Crippen LogP contribution in [0.25, 0.3) is 22.0 Å². The summed E-state index contributed by atoms with van der Waals surface area (Å²) in [5, 5.41) is 4.92. The highest BCUT2D eigenvalue weighted by atomic mass is 16.5. The summed E-state index contributed by atoms with van der Waals surface area (Å²) in [6.07, 6.45) is 8.24. The number of piperidine rings is 1. The molecular formula is C32H38N6O. The van der Waals surface area contributed by atoms with Crippen LogP contribution in [0, 0.1) is 6.92 Å². The zero-order valence-corrected chi connectivity index (χ0v) is 23.3. The van der Waals surface area contributed by atoms with Gasteiger partial charge in [-0.05, 0) is 91.7 Å². The number of hydrogen-bond donors (Lipinski definition) is 1. The van der Waals surface area contributed by atoms with Crippen LogP contribution in [0.2, 0.25) is 0 Å². The summed E-state index contributed by atoms with van der Waals surface area (Å²) in [5.41, 5.74) is 8.36. The second kappa shape index (κ2) is 11.2. The van der Waals surface area contributed by atoms with Gasteiger partial charge in [0.2, 0.25) is 5.88 Å². The number of pyridine rings is 1. The predicted octanol–water partition coefficient (Wildman–Crippen LogP) is 5.86. The van der Waals surface area contributed by atoms with Gasteiger partial charge in [0.25, 0.3) is 0 Å². The first-order valence-electron chi connectivity index (χ1n) is 14.2. The molecule has 0 saturated carbocycles. The minimum Gasteiger partial charge on any atom is -0.481 e. The Morgan fingerprint density at radius 2 is 1.82 bits per heavy atom. The van der Waals surface area contributed by atoms with E-state index in [9.17, 15) is 0 Å². The second-order valence-electron chi connectivity index (χ2n) is 10.9. The molecule has 2 aliphatic rings. The van der Waals surface area contributed by atoms with Crippen LogP contribution < -0.4 is 15.0 Å². The monoisotopic (exact) mass is 522 g/mol. The summed E-state index contributed by atoms with van der Waals surface area (Å²) in [7, 11) is 1.64. The first-order chi connectivity index (χ1) is 19.1. The molecule has 0 unspecified atom stereocenters. The number of nitrogens with zero attached hydrogens (tertiary/aromatic N) is 5. The van der Waals surface area contributed by atoms with Crippen molar-refractivity contribution >= 4 is 22.4 Å². The van der Waals surface area contributed by atoms with Gasteiger partial charge in [0.1, 0.15) is 12.1 Å². The first-order valence-corrected chi connectivity index (χ1v) is 14.2. The van der Waals surface area contributed by atoms with Crippen molar-refractivity contribution in [1.29, 1.82) is 0 Å². The van der Waals surface area contributed by atoms with E-state index in [1.54, 1.807) is 13.4 Å². The van der Waals surface area contributed by atoms with Crippen LogP contribution in [0.5, 0.6) is 5.88 Å². The van der Waals surface area contributed by atoms with E-state index in [-0.39, 0.29) is 0 Å². The standard InChI is InChI=1S/C32H38N6O/c1-4-12-37-13-10-27(11-14-37)36-28-7-5-23-9-15-38(20-26(23)17-28)32-29-18-25(16-22(2)31(29)34-21-35-32)24-6-8-30(39-3)33-19-24/h5-8,16-19,21,27,36H,4,9-15,20H2,1-3H3. The van der Waals surface area contributed by atoms with E-state index in [0.29, 0.717) is 11.9 Å². The van der Waals surface area contributed by atoms with Crippen LogP contribution in [0.4, 0.5) is 11.5 Å².